The van der Waals surface area contributed by atoms with Crippen LogP contribution in [-0.4, -0.2) is 17.5 Å². The first-order valence-electron chi connectivity index (χ1n) is 7.80. The number of ether oxygens (including phenoxy) is 1. The van der Waals surface area contributed by atoms with Crippen molar-refractivity contribution in [2.24, 2.45) is 0 Å². The second-order valence-corrected chi connectivity index (χ2v) is 5.46. The summed E-state index contributed by atoms with van der Waals surface area (Å²) in [5.74, 6) is -0.461. The van der Waals surface area contributed by atoms with Crippen molar-refractivity contribution >= 4 is 5.91 Å². The van der Waals surface area contributed by atoms with E-state index in [-0.39, 0.29) is 17.8 Å². The van der Waals surface area contributed by atoms with Crippen molar-refractivity contribution in [2.45, 2.75) is 33.2 Å². The molecule has 25 heavy (non-hydrogen) atoms. The highest BCUT2D eigenvalue weighted by Gasteiger charge is 2.33. The molecular formula is C18H19F3N2O2. The summed E-state index contributed by atoms with van der Waals surface area (Å²) < 4.78 is 43.1. The maximum absolute atomic E-state index is 12.6. The molecule has 0 aliphatic carbocycles. The number of benzene rings is 1. The van der Waals surface area contributed by atoms with Gasteiger partial charge in [0.1, 0.15) is 5.69 Å². The van der Waals surface area contributed by atoms with Crippen LogP contribution in [0.3, 0.4) is 0 Å². The molecule has 2 aromatic rings. The van der Waals surface area contributed by atoms with Gasteiger partial charge in [-0.25, -0.2) is 4.98 Å². The lowest BCUT2D eigenvalue weighted by Gasteiger charge is -2.11. The number of halogens is 3. The Morgan fingerprint density at radius 2 is 1.76 bits per heavy atom. The smallest absolute Gasteiger partial charge is 0.377 e. The van der Waals surface area contributed by atoms with Gasteiger partial charge in [-0.2, -0.15) is 13.2 Å². The van der Waals surface area contributed by atoms with Crippen molar-refractivity contribution in [3.63, 3.8) is 0 Å². The second kappa shape index (κ2) is 8.11. The van der Waals surface area contributed by atoms with Gasteiger partial charge in [-0.15, -0.1) is 0 Å². The second-order valence-electron chi connectivity index (χ2n) is 5.46. The van der Waals surface area contributed by atoms with Crippen LogP contribution in [0, 0.1) is 6.92 Å². The third kappa shape index (κ3) is 5.29. The van der Waals surface area contributed by atoms with Gasteiger partial charge in [0.15, 0.2) is 0 Å². The number of carbonyl (C=O) groups is 1. The van der Waals surface area contributed by atoms with Crippen molar-refractivity contribution in [2.75, 3.05) is 6.61 Å². The molecule has 134 valence electrons. The largest absolute Gasteiger partial charge is 0.433 e. The SMILES string of the molecule is CCOCc1ccc(CNC(=O)c2ccc(C(F)(F)F)nc2C)cc1. The normalized spacial score (nSPS) is 11.4. The maximum atomic E-state index is 12.6. The summed E-state index contributed by atoms with van der Waals surface area (Å²) in [6.45, 7) is 4.74. The van der Waals surface area contributed by atoms with Gasteiger partial charge in [0.05, 0.1) is 17.9 Å². The molecule has 1 aromatic heterocycles. The molecule has 4 nitrogen and oxygen atoms in total. The minimum absolute atomic E-state index is 0.0411. The molecule has 7 heteroatoms. The predicted molar refractivity (Wildman–Crippen MR) is 86.9 cm³/mol. The van der Waals surface area contributed by atoms with Crippen LogP contribution in [0.2, 0.25) is 0 Å². The lowest BCUT2D eigenvalue weighted by molar-refractivity contribution is -0.141. The standard InChI is InChI=1S/C18H19F3N2O2/c1-3-25-11-14-6-4-13(5-7-14)10-22-17(24)15-8-9-16(18(19,20)21)23-12(15)2/h4-9H,3,10-11H2,1-2H3,(H,22,24). The third-order valence-corrected chi connectivity index (χ3v) is 3.57. The van der Waals surface area contributed by atoms with Crippen LogP contribution in [0.1, 0.15) is 39.8 Å². The Hall–Kier alpha value is -2.41. The van der Waals surface area contributed by atoms with Crippen molar-refractivity contribution in [3.8, 4) is 0 Å². The van der Waals surface area contributed by atoms with Gasteiger partial charge in [0.2, 0.25) is 0 Å². The molecule has 0 atom stereocenters. The molecule has 0 fully saturated rings. The van der Waals surface area contributed by atoms with E-state index in [9.17, 15) is 18.0 Å². The minimum Gasteiger partial charge on any atom is -0.377 e. The van der Waals surface area contributed by atoms with Crippen molar-refractivity contribution < 1.29 is 22.7 Å². The van der Waals surface area contributed by atoms with E-state index in [1.807, 2.05) is 31.2 Å². The molecule has 0 spiro atoms. The number of nitrogens with zero attached hydrogens (tertiary/aromatic N) is 1. The predicted octanol–water partition coefficient (Wildman–Crippen LogP) is 3.88. The van der Waals surface area contributed by atoms with Crippen LogP contribution < -0.4 is 5.32 Å². The molecule has 1 N–H and O–H groups in total. The summed E-state index contributed by atoms with van der Waals surface area (Å²) in [5.41, 5.74) is 1.07. The Morgan fingerprint density at radius 1 is 1.12 bits per heavy atom. The first-order valence-corrected chi connectivity index (χ1v) is 7.80. The monoisotopic (exact) mass is 352 g/mol. The third-order valence-electron chi connectivity index (χ3n) is 3.57. The lowest BCUT2D eigenvalue weighted by atomic mass is 10.1. The van der Waals surface area contributed by atoms with Crippen molar-refractivity contribution in [3.05, 3.63) is 64.5 Å². The molecule has 1 heterocycles. The molecule has 0 unspecified atom stereocenters. The molecule has 1 amide bonds. The summed E-state index contributed by atoms with van der Waals surface area (Å²) >= 11 is 0. The quantitative estimate of drug-likeness (QED) is 0.858. The van der Waals surface area contributed by atoms with Crippen LogP contribution in [0.5, 0.6) is 0 Å². The van der Waals surface area contributed by atoms with E-state index in [4.69, 9.17) is 4.74 Å². The lowest BCUT2D eigenvalue weighted by Crippen LogP contribution is -2.24. The number of rotatable bonds is 6. The number of pyridine rings is 1. The Kier molecular flexibility index (Phi) is 6.14. The van der Waals surface area contributed by atoms with Crippen LogP contribution in [0.15, 0.2) is 36.4 Å². The first kappa shape index (κ1) is 18.9. The van der Waals surface area contributed by atoms with Crippen LogP contribution in [-0.2, 0) is 24.1 Å². The van der Waals surface area contributed by atoms with E-state index in [1.54, 1.807) is 0 Å². The van der Waals surface area contributed by atoms with Gasteiger partial charge in [-0.05, 0) is 37.1 Å². The van der Waals surface area contributed by atoms with E-state index < -0.39 is 17.8 Å². The number of amides is 1. The number of nitrogens with one attached hydrogen (secondary N) is 1. The van der Waals surface area contributed by atoms with Gasteiger partial charge in [0.25, 0.3) is 5.91 Å². The molecule has 0 saturated heterocycles. The first-order chi connectivity index (χ1) is 11.8. The minimum atomic E-state index is -4.52. The molecule has 1 aromatic carbocycles. The van der Waals surface area contributed by atoms with E-state index >= 15 is 0 Å². The average molecular weight is 352 g/mol. The molecule has 0 bridgehead atoms. The number of hydrogen-bond acceptors (Lipinski definition) is 3. The van der Waals surface area contributed by atoms with E-state index in [2.05, 4.69) is 10.3 Å². The molecular weight excluding hydrogens is 333 g/mol. The molecule has 0 saturated carbocycles. The van der Waals surface area contributed by atoms with Gasteiger partial charge in [-0.3, -0.25) is 4.79 Å². The summed E-state index contributed by atoms with van der Waals surface area (Å²) in [6.07, 6.45) is -4.52. The van der Waals surface area contributed by atoms with E-state index in [1.165, 1.54) is 6.92 Å². The van der Waals surface area contributed by atoms with Crippen LogP contribution >= 0.6 is 0 Å². The highest BCUT2D eigenvalue weighted by atomic mass is 19.4. The van der Waals surface area contributed by atoms with Crippen LogP contribution in [0.25, 0.3) is 0 Å². The zero-order chi connectivity index (χ0) is 18.4. The molecule has 0 aliphatic heterocycles. The van der Waals surface area contributed by atoms with E-state index in [0.717, 1.165) is 23.3 Å². The Bertz CT molecular complexity index is 728. The number of alkyl halides is 3. The van der Waals surface area contributed by atoms with Gasteiger partial charge in [0, 0.05) is 13.2 Å². The van der Waals surface area contributed by atoms with Crippen LogP contribution in [0.4, 0.5) is 13.2 Å². The zero-order valence-corrected chi connectivity index (χ0v) is 14.0. The number of aryl methyl sites for hydroxylation is 1. The number of hydrogen-bond donors (Lipinski definition) is 1. The van der Waals surface area contributed by atoms with E-state index in [0.29, 0.717) is 13.2 Å². The summed E-state index contributed by atoms with van der Waals surface area (Å²) in [7, 11) is 0. The fourth-order valence-electron chi connectivity index (χ4n) is 2.21. The average Bonchev–Trinajstić information content (AvgIpc) is 2.58. The van der Waals surface area contributed by atoms with Gasteiger partial charge < -0.3 is 10.1 Å². The summed E-state index contributed by atoms with van der Waals surface area (Å²) in [4.78, 5) is 15.6. The number of carbonyl (C=O) groups excluding carboxylic acids is 1. The highest BCUT2D eigenvalue weighted by molar-refractivity contribution is 5.95. The summed E-state index contributed by atoms with van der Waals surface area (Å²) in [6, 6.07) is 9.50. The fourth-order valence-corrected chi connectivity index (χ4v) is 2.21. The topological polar surface area (TPSA) is 51.2 Å². The highest BCUT2D eigenvalue weighted by Crippen LogP contribution is 2.28. The van der Waals surface area contributed by atoms with Gasteiger partial charge >= 0.3 is 6.18 Å². The molecule has 2 rings (SSSR count). The maximum Gasteiger partial charge on any atom is 0.433 e. The van der Waals surface area contributed by atoms with Gasteiger partial charge in [-0.1, -0.05) is 24.3 Å². The number of aromatic nitrogens is 1. The zero-order valence-electron chi connectivity index (χ0n) is 14.0. The van der Waals surface area contributed by atoms with Crippen molar-refractivity contribution in [1.29, 1.82) is 0 Å². The fraction of sp³-hybridized carbons (Fsp3) is 0.333. The van der Waals surface area contributed by atoms with Crippen molar-refractivity contribution in [1.82, 2.24) is 10.3 Å². The molecule has 0 radical (unpaired) electrons. The Morgan fingerprint density at radius 3 is 2.32 bits per heavy atom. The summed E-state index contributed by atoms with van der Waals surface area (Å²) in [5, 5.41) is 2.69. The Labute approximate surface area is 144 Å². The molecule has 0 aliphatic rings. The Balaban J connectivity index is 1.98.